The Bertz CT molecular complexity index is 836. The number of aliphatic hydroxyl groups excluding tert-OH is 1. The van der Waals surface area contributed by atoms with E-state index in [1.807, 2.05) is 11.0 Å². The molecule has 6 atom stereocenters. The second-order valence-electron chi connectivity index (χ2n) is 8.55. The molecule has 5 heteroatoms. The summed E-state index contributed by atoms with van der Waals surface area (Å²) in [6, 6.07) is 8.83. The van der Waals surface area contributed by atoms with Gasteiger partial charge in [0.2, 0.25) is 5.91 Å². The number of benzene rings is 1. The molecule has 3 fully saturated rings. The van der Waals surface area contributed by atoms with Crippen LogP contribution in [-0.4, -0.2) is 54.0 Å². The fourth-order valence-electron chi connectivity index (χ4n) is 6.99. The molecule has 1 N–H and O–H groups in total. The van der Waals surface area contributed by atoms with E-state index in [9.17, 15) is 9.90 Å². The third-order valence-corrected chi connectivity index (χ3v) is 7.77. The molecule has 5 aliphatic rings. The average molecular weight is 352 g/mol. The van der Waals surface area contributed by atoms with Crippen molar-refractivity contribution in [3.05, 3.63) is 41.5 Å². The van der Waals surface area contributed by atoms with Gasteiger partial charge in [0.15, 0.2) is 6.29 Å². The number of anilines is 1. The Kier molecular flexibility index (Phi) is 2.94. The van der Waals surface area contributed by atoms with E-state index in [2.05, 4.69) is 29.2 Å². The van der Waals surface area contributed by atoms with Crippen molar-refractivity contribution in [3.8, 4) is 0 Å². The van der Waals surface area contributed by atoms with Crippen molar-refractivity contribution >= 4 is 11.6 Å². The van der Waals surface area contributed by atoms with Crippen molar-refractivity contribution < 1.29 is 14.6 Å². The Hall–Kier alpha value is -1.69. The molecule has 1 unspecified atom stereocenters. The monoisotopic (exact) mass is 352 g/mol. The molecular weight excluding hydrogens is 328 g/mol. The molecule has 5 nitrogen and oxygen atoms in total. The van der Waals surface area contributed by atoms with Crippen molar-refractivity contribution in [2.75, 3.05) is 24.6 Å². The lowest BCUT2D eigenvalue weighted by Gasteiger charge is -2.56. The Labute approximate surface area is 153 Å². The molecule has 1 aliphatic carbocycles. The molecule has 2 saturated heterocycles. The first-order chi connectivity index (χ1) is 12.6. The minimum Gasteiger partial charge on any atom is -0.368 e. The number of carbonyl (C=O) groups is 1. The van der Waals surface area contributed by atoms with Gasteiger partial charge in [-0.3, -0.25) is 9.69 Å². The molecule has 1 aromatic rings. The summed E-state index contributed by atoms with van der Waals surface area (Å²) >= 11 is 0. The van der Waals surface area contributed by atoms with Crippen LogP contribution in [0.25, 0.3) is 0 Å². The maximum atomic E-state index is 12.8. The van der Waals surface area contributed by atoms with Crippen LogP contribution < -0.4 is 4.90 Å². The molecule has 4 heterocycles. The minimum atomic E-state index is -0.820. The van der Waals surface area contributed by atoms with Gasteiger partial charge >= 0.3 is 0 Å². The quantitative estimate of drug-likeness (QED) is 0.722. The molecule has 4 aliphatic heterocycles. The molecule has 1 saturated carbocycles. The number of amides is 1. The number of nitrogens with zero attached hydrogens (tertiary/aromatic N) is 2. The van der Waals surface area contributed by atoms with Crippen LogP contribution in [0.5, 0.6) is 0 Å². The molecule has 0 radical (unpaired) electrons. The van der Waals surface area contributed by atoms with E-state index < -0.39 is 6.29 Å². The molecule has 6 rings (SSSR count). The number of aliphatic hydroxyl groups is 1. The summed E-state index contributed by atoms with van der Waals surface area (Å²) < 4.78 is 5.78. The SMILES string of the molecule is CC(=O)N1c2ccccc2[C@@]23CCN4CC5=CCOC(O)[C@@H]([C@H]12)[C@H]5C[C@H]43. The lowest BCUT2D eigenvalue weighted by atomic mass is 9.55. The Morgan fingerprint density at radius 3 is 3.04 bits per heavy atom. The second-order valence-corrected chi connectivity index (χ2v) is 8.55. The van der Waals surface area contributed by atoms with Gasteiger partial charge in [0.1, 0.15) is 0 Å². The molecule has 1 spiro atoms. The summed E-state index contributed by atoms with van der Waals surface area (Å²) in [6.07, 6.45) is 3.47. The van der Waals surface area contributed by atoms with Crippen LogP contribution in [0.4, 0.5) is 5.69 Å². The van der Waals surface area contributed by atoms with Crippen molar-refractivity contribution in [3.63, 3.8) is 0 Å². The zero-order chi connectivity index (χ0) is 17.6. The van der Waals surface area contributed by atoms with Crippen LogP contribution in [0.3, 0.4) is 0 Å². The van der Waals surface area contributed by atoms with Crippen LogP contribution in [0.2, 0.25) is 0 Å². The normalized spacial score (nSPS) is 42.8. The highest BCUT2D eigenvalue weighted by molar-refractivity contribution is 5.96. The van der Waals surface area contributed by atoms with Gasteiger partial charge < -0.3 is 14.7 Å². The van der Waals surface area contributed by atoms with Gasteiger partial charge in [-0.25, -0.2) is 0 Å². The highest BCUT2D eigenvalue weighted by Crippen LogP contribution is 2.64. The van der Waals surface area contributed by atoms with E-state index >= 15 is 0 Å². The molecule has 26 heavy (non-hydrogen) atoms. The van der Waals surface area contributed by atoms with Crippen LogP contribution in [-0.2, 0) is 14.9 Å². The first-order valence-corrected chi connectivity index (χ1v) is 9.75. The second kappa shape index (κ2) is 4.97. The zero-order valence-electron chi connectivity index (χ0n) is 15.0. The summed E-state index contributed by atoms with van der Waals surface area (Å²) in [7, 11) is 0. The summed E-state index contributed by atoms with van der Waals surface area (Å²) in [4.78, 5) is 17.4. The van der Waals surface area contributed by atoms with E-state index in [0.29, 0.717) is 18.6 Å². The number of piperidine rings is 1. The maximum Gasteiger partial charge on any atom is 0.224 e. The van der Waals surface area contributed by atoms with Crippen LogP contribution in [0.15, 0.2) is 35.9 Å². The fourth-order valence-corrected chi connectivity index (χ4v) is 6.99. The predicted octanol–water partition coefficient (Wildman–Crippen LogP) is 1.66. The number of para-hydroxylation sites is 1. The first-order valence-electron chi connectivity index (χ1n) is 9.75. The van der Waals surface area contributed by atoms with Gasteiger partial charge in [-0.1, -0.05) is 29.8 Å². The standard InChI is InChI=1S/C21H24N2O3/c1-12(24)23-16-5-3-2-4-15(16)21-7-8-22-11-13-6-9-26-20(25)18(19(21)23)14(13)10-17(21)22/h2-6,14,17-20,25H,7-11H2,1H3/t14-,17-,18+,19-,20?,21+/m0/s1. The maximum absolute atomic E-state index is 12.8. The summed E-state index contributed by atoms with van der Waals surface area (Å²) in [6.45, 7) is 4.18. The smallest absolute Gasteiger partial charge is 0.224 e. The predicted molar refractivity (Wildman–Crippen MR) is 96.7 cm³/mol. The lowest BCUT2D eigenvalue weighted by Crippen LogP contribution is -2.66. The third-order valence-electron chi connectivity index (χ3n) is 7.77. The molecule has 136 valence electrons. The van der Waals surface area contributed by atoms with Crippen molar-refractivity contribution in [1.82, 2.24) is 4.90 Å². The molecule has 0 aromatic heterocycles. The van der Waals surface area contributed by atoms with E-state index in [0.717, 1.165) is 31.6 Å². The number of hydrogen-bond donors (Lipinski definition) is 1. The van der Waals surface area contributed by atoms with Crippen LogP contribution in [0, 0.1) is 11.8 Å². The first kappa shape index (κ1) is 15.4. The largest absolute Gasteiger partial charge is 0.368 e. The number of carbonyl (C=O) groups excluding carboxylic acids is 1. The molecule has 1 amide bonds. The summed E-state index contributed by atoms with van der Waals surface area (Å²) in [5, 5.41) is 11.0. The molecule has 2 bridgehead atoms. The molecule has 1 aromatic carbocycles. The number of ether oxygens (including phenoxy) is 1. The third kappa shape index (κ3) is 1.61. The Balaban J connectivity index is 1.64. The van der Waals surface area contributed by atoms with Crippen LogP contribution >= 0.6 is 0 Å². The summed E-state index contributed by atoms with van der Waals surface area (Å²) in [5.74, 6) is 0.317. The average Bonchev–Trinajstić information content (AvgIpc) is 3.10. The zero-order valence-corrected chi connectivity index (χ0v) is 15.0. The van der Waals surface area contributed by atoms with Crippen molar-refractivity contribution in [1.29, 1.82) is 0 Å². The van der Waals surface area contributed by atoms with Crippen molar-refractivity contribution in [2.45, 2.75) is 43.6 Å². The van der Waals surface area contributed by atoms with Gasteiger partial charge in [0.05, 0.1) is 12.6 Å². The van der Waals surface area contributed by atoms with Gasteiger partial charge in [-0.15, -0.1) is 0 Å². The topological polar surface area (TPSA) is 53.0 Å². The van der Waals surface area contributed by atoms with Gasteiger partial charge in [-0.2, -0.15) is 0 Å². The lowest BCUT2D eigenvalue weighted by molar-refractivity contribution is -0.156. The number of fused-ring (bicyclic) bond motifs is 2. The minimum absolute atomic E-state index is 0.0250. The Morgan fingerprint density at radius 2 is 2.19 bits per heavy atom. The van der Waals surface area contributed by atoms with Gasteiger partial charge in [-0.05, 0) is 36.9 Å². The highest BCUT2D eigenvalue weighted by Gasteiger charge is 2.69. The van der Waals surface area contributed by atoms with E-state index in [1.165, 1.54) is 11.1 Å². The number of rotatable bonds is 0. The highest BCUT2D eigenvalue weighted by atomic mass is 16.6. The fraction of sp³-hybridized carbons (Fsp3) is 0.571. The van der Waals surface area contributed by atoms with E-state index in [-0.39, 0.29) is 23.3 Å². The van der Waals surface area contributed by atoms with Crippen molar-refractivity contribution in [2.24, 2.45) is 11.8 Å². The van der Waals surface area contributed by atoms with Gasteiger partial charge in [0, 0.05) is 36.5 Å². The Morgan fingerprint density at radius 1 is 1.35 bits per heavy atom. The van der Waals surface area contributed by atoms with Gasteiger partial charge in [0.25, 0.3) is 0 Å². The number of hydrogen-bond acceptors (Lipinski definition) is 4. The molecular formula is C21H24N2O3. The summed E-state index contributed by atoms with van der Waals surface area (Å²) in [5.41, 5.74) is 3.66. The van der Waals surface area contributed by atoms with E-state index in [4.69, 9.17) is 4.74 Å². The van der Waals surface area contributed by atoms with Crippen LogP contribution in [0.1, 0.15) is 25.3 Å². The van der Waals surface area contributed by atoms with E-state index in [1.54, 1.807) is 6.92 Å².